The van der Waals surface area contributed by atoms with Gasteiger partial charge >= 0.3 is 5.97 Å². The number of anilines is 2. The lowest BCUT2D eigenvalue weighted by Gasteiger charge is -2.34. The highest BCUT2D eigenvalue weighted by Gasteiger charge is 2.37. The van der Waals surface area contributed by atoms with Gasteiger partial charge in [0.15, 0.2) is 6.10 Å². The molecule has 1 aliphatic heterocycles. The number of hydrogen-bond acceptors (Lipinski definition) is 7. The number of hydrogen-bond donors (Lipinski definition) is 1. The molecular formula is C24H22N2O7S. The molecule has 1 atom stereocenters. The summed E-state index contributed by atoms with van der Waals surface area (Å²) in [6.07, 6.45) is -1.13. The molecule has 0 radical (unpaired) electrons. The minimum absolute atomic E-state index is 0.0509. The number of para-hydroxylation sites is 2. The molecular weight excluding hydrogens is 460 g/mol. The van der Waals surface area contributed by atoms with Crippen molar-refractivity contribution in [1.82, 2.24) is 0 Å². The molecule has 1 N–H and O–H groups in total. The molecule has 3 aromatic carbocycles. The van der Waals surface area contributed by atoms with Crippen LogP contribution in [0.3, 0.4) is 0 Å². The van der Waals surface area contributed by atoms with Crippen molar-refractivity contribution >= 4 is 33.3 Å². The SMILES string of the molecule is COC(=O)c1cccc(NC(=O)[C@H]2CN(S(=O)(=O)c3ccc(OC)cc3)c3ccccc3O2)c1. The molecule has 4 rings (SSSR count). The Balaban J connectivity index is 1.62. The van der Waals surface area contributed by atoms with Crippen LogP contribution < -0.4 is 19.1 Å². The highest BCUT2D eigenvalue weighted by atomic mass is 32.2. The maximum absolute atomic E-state index is 13.5. The van der Waals surface area contributed by atoms with E-state index in [9.17, 15) is 18.0 Å². The number of ether oxygens (including phenoxy) is 3. The molecule has 0 unspecified atom stereocenters. The molecule has 10 heteroatoms. The fourth-order valence-electron chi connectivity index (χ4n) is 3.51. The van der Waals surface area contributed by atoms with Crippen LogP contribution in [-0.4, -0.2) is 47.2 Å². The number of amides is 1. The highest BCUT2D eigenvalue weighted by Crippen LogP contribution is 2.37. The van der Waals surface area contributed by atoms with E-state index in [4.69, 9.17) is 14.2 Å². The first-order chi connectivity index (χ1) is 16.3. The summed E-state index contributed by atoms with van der Waals surface area (Å²) in [5.74, 6) is -0.329. The maximum atomic E-state index is 13.5. The van der Waals surface area contributed by atoms with Crippen molar-refractivity contribution in [1.29, 1.82) is 0 Å². The molecule has 3 aromatic rings. The second-order valence-corrected chi connectivity index (χ2v) is 9.21. The smallest absolute Gasteiger partial charge is 0.337 e. The van der Waals surface area contributed by atoms with Crippen LogP contribution in [0.15, 0.2) is 77.7 Å². The van der Waals surface area contributed by atoms with Crippen LogP contribution in [0.25, 0.3) is 0 Å². The lowest BCUT2D eigenvalue weighted by atomic mass is 10.2. The van der Waals surface area contributed by atoms with Crippen LogP contribution in [0.2, 0.25) is 0 Å². The molecule has 34 heavy (non-hydrogen) atoms. The normalized spacial score (nSPS) is 15.0. The number of benzene rings is 3. The Morgan fingerprint density at radius 3 is 2.44 bits per heavy atom. The number of fused-ring (bicyclic) bond motifs is 1. The van der Waals surface area contributed by atoms with Gasteiger partial charge in [0.1, 0.15) is 11.5 Å². The van der Waals surface area contributed by atoms with Crippen molar-refractivity contribution in [3.05, 3.63) is 78.4 Å². The van der Waals surface area contributed by atoms with Crippen LogP contribution in [0.5, 0.6) is 11.5 Å². The summed E-state index contributed by atoms with van der Waals surface area (Å²) < 4.78 is 43.7. The molecule has 1 amide bonds. The third kappa shape index (κ3) is 4.53. The predicted molar refractivity (Wildman–Crippen MR) is 125 cm³/mol. The minimum atomic E-state index is -4.00. The Bertz CT molecular complexity index is 1320. The van der Waals surface area contributed by atoms with Crippen molar-refractivity contribution < 1.29 is 32.2 Å². The summed E-state index contributed by atoms with van der Waals surface area (Å²) in [4.78, 5) is 24.9. The first-order valence-corrected chi connectivity index (χ1v) is 11.7. The quantitative estimate of drug-likeness (QED) is 0.538. The third-order valence-corrected chi connectivity index (χ3v) is 7.02. The van der Waals surface area contributed by atoms with Crippen molar-refractivity contribution in [2.45, 2.75) is 11.0 Å². The van der Waals surface area contributed by atoms with Gasteiger partial charge in [-0.05, 0) is 54.6 Å². The Labute approximate surface area is 196 Å². The van der Waals surface area contributed by atoms with Gasteiger partial charge in [-0.3, -0.25) is 9.10 Å². The second kappa shape index (κ2) is 9.44. The number of methoxy groups -OCH3 is 2. The van der Waals surface area contributed by atoms with Gasteiger partial charge in [0, 0.05) is 5.69 Å². The molecule has 0 saturated heterocycles. The van der Waals surface area contributed by atoms with Gasteiger partial charge in [0.25, 0.3) is 15.9 Å². The molecule has 0 bridgehead atoms. The Hall–Kier alpha value is -4.05. The first kappa shape index (κ1) is 23.1. The number of sulfonamides is 1. The van der Waals surface area contributed by atoms with E-state index in [1.807, 2.05) is 0 Å². The van der Waals surface area contributed by atoms with Gasteiger partial charge in [-0.1, -0.05) is 18.2 Å². The van der Waals surface area contributed by atoms with Crippen molar-refractivity contribution in [2.24, 2.45) is 0 Å². The number of nitrogens with one attached hydrogen (secondary N) is 1. The van der Waals surface area contributed by atoms with Crippen molar-refractivity contribution in [2.75, 3.05) is 30.4 Å². The van der Waals surface area contributed by atoms with E-state index in [1.165, 1.54) is 32.4 Å². The molecule has 1 aliphatic rings. The van der Waals surface area contributed by atoms with E-state index < -0.39 is 28.0 Å². The maximum Gasteiger partial charge on any atom is 0.337 e. The minimum Gasteiger partial charge on any atom is -0.497 e. The Kier molecular flexibility index (Phi) is 6.42. The number of carbonyl (C=O) groups excluding carboxylic acids is 2. The standard InChI is InChI=1S/C24H22N2O7S/c1-31-18-10-12-19(13-11-18)34(29,30)26-15-22(33-21-9-4-3-8-20(21)26)23(27)25-17-7-5-6-16(14-17)24(28)32-2/h3-14,22H,15H2,1-2H3,(H,25,27)/t22-/m1/s1. The average molecular weight is 483 g/mol. The first-order valence-electron chi connectivity index (χ1n) is 10.2. The van der Waals surface area contributed by atoms with E-state index in [2.05, 4.69) is 5.32 Å². The largest absolute Gasteiger partial charge is 0.497 e. The summed E-state index contributed by atoms with van der Waals surface area (Å²) in [6, 6.07) is 18.8. The molecule has 0 aromatic heterocycles. The molecule has 176 valence electrons. The fraction of sp³-hybridized carbons (Fsp3) is 0.167. The number of carbonyl (C=O) groups is 2. The zero-order chi connectivity index (χ0) is 24.3. The van der Waals surface area contributed by atoms with E-state index >= 15 is 0 Å². The van der Waals surface area contributed by atoms with E-state index in [0.29, 0.717) is 17.1 Å². The summed E-state index contributed by atoms with van der Waals surface area (Å²) in [7, 11) is -1.25. The Morgan fingerprint density at radius 2 is 1.74 bits per heavy atom. The van der Waals surface area contributed by atoms with Gasteiger partial charge in [0.05, 0.1) is 36.9 Å². The second-order valence-electron chi connectivity index (χ2n) is 7.35. The van der Waals surface area contributed by atoms with Gasteiger partial charge in [0.2, 0.25) is 0 Å². The van der Waals surface area contributed by atoms with E-state index in [-0.39, 0.29) is 22.8 Å². The van der Waals surface area contributed by atoms with Gasteiger partial charge in [-0.2, -0.15) is 0 Å². The average Bonchev–Trinajstić information content (AvgIpc) is 2.87. The summed E-state index contributed by atoms with van der Waals surface area (Å²) in [5.41, 5.74) is 0.939. The van der Waals surface area contributed by atoms with Gasteiger partial charge in [-0.25, -0.2) is 13.2 Å². The number of nitrogens with zero attached hydrogens (tertiary/aromatic N) is 1. The molecule has 9 nitrogen and oxygen atoms in total. The molecule has 0 spiro atoms. The van der Waals surface area contributed by atoms with Crippen molar-refractivity contribution in [3.63, 3.8) is 0 Å². The van der Waals surface area contributed by atoms with Crippen LogP contribution in [-0.2, 0) is 19.6 Å². The third-order valence-electron chi connectivity index (χ3n) is 5.23. The number of rotatable bonds is 6. The van der Waals surface area contributed by atoms with E-state index in [0.717, 1.165) is 4.31 Å². The van der Waals surface area contributed by atoms with Gasteiger partial charge in [-0.15, -0.1) is 0 Å². The summed E-state index contributed by atoms with van der Waals surface area (Å²) in [6.45, 7) is -0.242. The van der Waals surface area contributed by atoms with Crippen LogP contribution in [0, 0.1) is 0 Å². The Morgan fingerprint density at radius 1 is 1.00 bits per heavy atom. The zero-order valence-corrected chi connectivity index (χ0v) is 19.2. The van der Waals surface area contributed by atoms with Crippen molar-refractivity contribution in [3.8, 4) is 11.5 Å². The molecule has 0 saturated carbocycles. The fourth-order valence-corrected chi connectivity index (χ4v) is 4.98. The van der Waals surface area contributed by atoms with Crippen LogP contribution >= 0.6 is 0 Å². The zero-order valence-electron chi connectivity index (χ0n) is 18.4. The molecule has 0 aliphatic carbocycles. The van der Waals surface area contributed by atoms with Crippen LogP contribution in [0.1, 0.15) is 10.4 Å². The van der Waals surface area contributed by atoms with Crippen LogP contribution in [0.4, 0.5) is 11.4 Å². The van der Waals surface area contributed by atoms with Gasteiger partial charge < -0.3 is 19.5 Å². The summed E-state index contributed by atoms with van der Waals surface area (Å²) in [5, 5.41) is 2.68. The highest BCUT2D eigenvalue weighted by molar-refractivity contribution is 7.92. The monoisotopic (exact) mass is 482 g/mol. The van der Waals surface area contributed by atoms with E-state index in [1.54, 1.807) is 54.6 Å². The predicted octanol–water partition coefficient (Wildman–Crippen LogP) is 3.08. The topological polar surface area (TPSA) is 111 Å². The number of esters is 1. The molecule has 1 heterocycles. The summed E-state index contributed by atoms with van der Waals surface area (Å²) >= 11 is 0. The molecule has 0 fully saturated rings. The lowest BCUT2D eigenvalue weighted by Crippen LogP contribution is -2.48. The lowest BCUT2D eigenvalue weighted by molar-refractivity contribution is -0.122.